The Morgan fingerprint density at radius 3 is 2.52 bits per heavy atom. The highest BCUT2D eigenvalue weighted by Gasteiger charge is 2.28. The maximum atomic E-state index is 11.6. The van der Waals surface area contributed by atoms with Crippen LogP contribution in [0.2, 0.25) is 15.1 Å². The first-order valence-corrected chi connectivity index (χ1v) is 7.93. The number of nitrogens with one attached hydrogen (secondary N) is 1. The second-order valence-electron chi connectivity index (χ2n) is 4.51. The van der Waals surface area contributed by atoms with Gasteiger partial charge in [0, 0.05) is 21.0 Å². The molecule has 1 aliphatic rings. The molecule has 1 atom stereocenters. The number of anilines is 1. The molecule has 1 aliphatic heterocycles. The van der Waals surface area contributed by atoms with E-state index in [-0.39, 0.29) is 5.91 Å². The number of carbonyl (C=O) groups excluding carboxylic acids is 1. The molecule has 0 saturated carbocycles. The molecule has 21 heavy (non-hydrogen) atoms. The van der Waals surface area contributed by atoms with E-state index in [0.717, 1.165) is 9.79 Å². The first-order valence-electron chi connectivity index (χ1n) is 5.98. The fourth-order valence-corrected chi connectivity index (χ4v) is 3.58. The minimum atomic E-state index is -0.665. The zero-order valence-corrected chi connectivity index (χ0v) is 13.6. The van der Waals surface area contributed by atoms with Gasteiger partial charge in [0.25, 0.3) is 0 Å². The lowest BCUT2D eigenvalue weighted by molar-refractivity contribution is -0.116. The molecule has 1 amide bonds. The summed E-state index contributed by atoms with van der Waals surface area (Å²) in [5.41, 5.74) is 7.19. The molecule has 0 bridgehead atoms. The van der Waals surface area contributed by atoms with Crippen molar-refractivity contribution in [3.05, 3.63) is 51.0 Å². The van der Waals surface area contributed by atoms with E-state index < -0.39 is 6.04 Å². The summed E-state index contributed by atoms with van der Waals surface area (Å²) in [4.78, 5) is 13.3. The fraction of sp³-hybridized carbons (Fsp3) is 0.0714. The quantitative estimate of drug-likeness (QED) is 0.813. The minimum Gasteiger partial charge on any atom is -0.324 e. The number of hydrogen-bond donors (Lipinski definition) is 2. The lowest BCUT2D eigenvalue weighted by Crippen LogP contribution is -2.19. The first kappa shape index (κ1) is 15.0. The fourth-order valence-electron chi connectivity index (χ4n) is 2.03. The molecular formula is C14H9Cl3N2OS. The van der Waals surface area contributed by atoms with Crippen LogP contribution in [0.15, 0.2) is 40.1 Å². The summed E-state index contributed by atoms with van der Waals surface area (Å²) in [5.74, 6) is -0.224. The normalized spacial score (nSPS) is 16.8. The molecule has 3 N–H and O–H groups in total. The van der Waals surface area contributed by atoms with Crippen molar-refractivity contribution in [3.8, 4) is 0 Å². The average molecular weight is 360 g/mol. The van der Waals surface area contributed by atoms with Crippen LogP contribution < -0.4 is 11.1 Å². The van der Waals surface area contributed by atoms with E-state index in [1.807, 2.05) is 12.1 Å². The summed E-state index contributed by atoms with van der Waals surface area (Å²) in [6.07, 6.45) is 0. The zero-order chi connectivity index (χ0) is 15.1. The molecule has 2 aromatic rings. The van der Waals surface area contributed by atoms with Crippen molar-refractivity contribution in [1.29, 1.82) is 0 Å². The Bertz CT molecular complexity index is 751. The van der Waals surface area contributed by atoms with Gasteiger partial charge >= 0.3 is 0 Å². The summed E-state index contributed by atoms with van der Waals surface area (Å²) in [5, 5.41) is 4.26. The molecule has 108 valence electrons. The second kappa shape index (κ2) is 5.71. The third-order valence-corrected chi connectivity index (χ3v) is 5.31. The predicted octanol–water partition coefficient (Wildman–Crippen LogP) is 4.75. The van der Waals surface area contributed by atoms with Crippen molar-refractivity contribution in [3.63, 3.8) is 0 Å². The number of benzene rings is 2. The largest absolute Gasteiger partial charge is 0.324 e. The summed E-state index contributed by atoms with van der Waals surface area (Å²) < 4.78 is 0. The van der Waals surface area contributed by atoms with Crippen molar-refractivity contribution in [2.75, 3.05) is 5.32 Å². The van der Waals surface area contributed by atoms with E-state index in [1.54, 1.807) is 18.2 Å². The molecule has 3 nitrogen and oxygen atoms in total. The molecular weight excluding hydrogens is 351 g/mol. The summed E-state index contributed by atoms with van der Waals surface area (Å²) in [6.45, 7) is 0. The molecule has 0 saturated heterocycles. The van der Waals surface area contributed by atoms with Gasteiger partial charge in [0.05, 0.1) is 15.1 Å². The predicted molar refractivity (Wildman–Crippen MR) is 87.6 cm³/mol. The highest BCUT2D eigenvalue weighted by molar-refractivity contribution is 7.99. The van der Waals surface area contributed by atoms with Gasteiger partial charge in [-0.15, -0.1) is 0 Å². The van der Waals surface area contributed by atoms with Crippen molar-refractivity contribution >= 4 is 58.2 Å². The number of hydrogen-bond acceptors (Lipinski definition) is 3. The van der Waals surface area contributed by atoms with Crippen LogP contribution >= 0.6 is 46.6 Å². The van der Waals surface area contributed by atoms with E-state index in [2.05, 4.69) is 5.32 Å². The monoisotopic (exact) mass is 358 g/mol. The van der Waals surface area contributed by atoms with Gasteiger partial charge in [-0.3, -0.25) is 4.79 Å². The SMILES string of the molecule is NC1C(=O)Nc2cc(Sc3ccc(Cl)c(Cl)c3)c(Cl)cc21. The molecule has 0 spiro atoms. The van der Waals surface area contributed by atoms with E-state index in [0.29, 0.717) is 26.3 Å². The maximum absolute atomic E-state index is 11.6. The van der Waals surface area contributed by atoms with Crippen molar-refractivity contribution < 1.29 is 4.79 Å². The third kappa shape index (κ3) is 2.87. The van der Waals surface area contributed by atoms with Crippen molar-refractivity contribution in [2.45, 2.75) is 15.8 Å². The molecule has 0 aromatic heterocycles. The maximum Gasteiger partial charge on any atom is 0.245 e. The lowest BCUT2D eigenvalue weighted by Gasteiger charge is -2.09. The Labute approximate surface area is 140 Å². The minimum absolute atomic E-state index is 0.224. The van der Waals surface area contributed by atoms with Crippen molar-refractivity contribution in [1.82, 2.24) is 0 Å². The highest BCUT2D eigenvalue weighted by Crippen LogP contribution is 2.41. The highest BCUT2D eigenvalue weighted by atomic mass is 35.5. The Kier molecular flexibility index (Phi) is 4.08. The van der Waals surface area contributed by atoms with Crippen LogP contribution in [0.1, 0.15) is 11.6 Å². The topological polar surface area (TPSA) is 55.1 Å². The number of halogens is 3. The molecule has 7 heteroatoms. The molecule has 1 heterocycles. The summed E-state index contributed by atoms with van der Waals surface area (Å²) in [6, 6.07) is 8.22. The van der Waals surface area contributed by atoms with E-state index in [4.69, 9.17) is 40.5 Å². The van der Waals surface area contributed by atoms with Gasteiger partial charge in [-0.1, -0.05) is 46.6 Å². The standard InChI is InChI=1S/C14H9Cl3N2OS/c15-8-2-1-6(3-9(8)16)21-12-5-11-7(4-10(12)17)13(18)14(20)19-11/h1-5,13H,18H2,(H,19,20). The van der Waals surface area contributed by atoms with E-state index in [9.17, 15) is 4.79 Å². The number of carbonyl (C=O) groups is 1. The smallest absolute Gasteiger partial charge is 0.245 e. The number of amides is 1. The lowest BCUT2D eigenvalue weighted by atomic mass is 10.1. The number of nitrogens with two attached hydrogens (primary N) is 1. The van der Waals surface area contributed by atoms with Gasteiger partial charge in [-0.25, -0.2) is 0 Å². The Balaban J connectivity index is 1.95. The van der Waals surface area contributed by atoms with Crippen LogP contribution in [0.4, 0.5) is 5.69 Å². The van der Waals surface area contributed by atoms with Crippen LogP contribution in [0, 0.1) is 0 Å². The van der Waals surface area contributed by atoms with Crippen LogP contribution in [0.25, 0.3) is 0 Å². The Hall–Kier alpha value is -0.910. The van der Waals surface area contributed by atoms with Gasteiger partial charge in [0.15, 0.2) is 0 Å². The van der Waals surface area contributed by atoms with Gasteiger partial charge in [-0.2, -0.15) is 0 Å². The Morgan fingerprint density at radius 1 is 1.05 bits per heavy atom. The molecule has 0 fully saturated rings. The second-order valence-corrected chi connectivity index (χ2v) is 6.85. The Morgan fingerprint density at radius 2 is 1.81 bits per heavy atom. The zero-order valence-electron chi connectivity index (χ0n) is 10.5. The van der Waals surface area contributed by atoms with Gasteiger partial charge in [0.2, 0.25) is 5.91 Å². The molecule has 2 aromatic carbocycles. The van der Waals surface area contributed by atoms with Crippen molar-refractivity contribution in [2.24, 2.45) is 5.73 Å². The van der Waals surface area contributed by atoms with Crippen LogP contribution in [0.3, 0.4) is 0 Å². The van der Waals surface area contributed by atoms with Gasteiger partial charge in [-0.05, 0) is 30.3 Å². The average Bonchev–Trinajstić information content (AvgIpc) is 2.70. The van der Waals surface area contributed by atoms with Gasteiger partial charge < -0.3 is 11.1 Å². The molecule has 0 radical (unpaired) electrons. The first-order chi connectivity index (χ1) is 9.95. The molecule has 1 unspecified atom stereocenters. The number of rotatable bonds is 2. The van der Waals surface area contributed by atoms with Crippen LogP contribution in [0.5, 0.6) is 0 Å². The van der Waals surface area contributed by atoms with Crippen LogP contribution in [-0.2, 0) is 4.79 Å². The molecule has 0 aliphatic carbocycles. The summed E-state index contributed by atoms with van der Waals surface area (Å²) >= 11 is 19.6. The van der Waals surface area contributed by atoms with Crippen LogP contribution in [-0.4, -0.2) is 5.91 Å². The third-order valence-electron chi connectivity index (χ3n) is 3.10. The van der Waals surface area contributed by atoms with E-state index in [1.165, 1.54) is 11.8 Å². The summed E-state index contributed by atoms with van der Waals surface area (Å²) in [7, 11) is 0. The van der Waals surface area contributed by atoms with Gasteiger partial charge in [0.1, 0.15) is 6.04 Å². The molecule has 3 rings (SSSR count). The number of fused-ring (bicyclic) bond motifs is 1. The van der Waals surface area contributed by atoms with E-state index >= 15 is 0 Å².